The Morgan fingerprint density at radius 2 is 2.00 bits per heavy atom. The van der Waals surface area contributed by atoms with E-state index in [4.69, 9.17) is 4.74 Å². The van der Waals surface area contributed by atoms with E-state index >= 15 is 0 Å². The second-order valence-electron chi connectivity index (χ2n) is 5.75. The van der Waals surface area contributed by atoms with Crippen molar-refractivity contribution in [3.63, 3.8) is 0 Å². The maximum Gasteiger partial charge on any atom is 0.137 e. The minimum absolute atomic E-state index is 0.151. The first-order valence-electron chi connectivity index (χ1n) is 6.51. The molecule has 0 saturated heterocycles. The SMILES string of the molecule is CC1=CC=CC2C3=C(C=CC(C)C3C)OC12C. The highest BCUT2D eigenvalue weighted by atomic mass is 16.5. The summed E-state index contributed by atoms with van der Waals surface area (Å²) in [7, 11) is 0. The molecular formula is C16H20O. The van der Waals surface area contributed by atoms with Crippen LogP contribution in [0.15, 0.2) is 47.3 Å². The standard InChI is InChI=1S/C16H20O/c1-10-8-9-14-15(12(10)3)13-7-5-6-11(2)16(13,4)17-14/h5-10,12-13H,1-4H3. The van der Waals surface area contributed by atoms with Crippen molar-refractivity contribution in [2.45, 2.75) is 33.3 Å². The van der Waals surface area contributed by atoms with Crippen LogP contribution in [0.2, 0.25) is 0 Å². The second-order valence-corrected chi connectivity index (χ2v) is 5.75. The fraction of sp³-hybridized carbons (Fsp3) is 0.500. The highest BCUT2D eigenvalue weighted by molar-refractivity contribution is 5.45. The van der Waals surface area contributed by atoms with Crippen molar-refractivity contribution >= 4 is 0 Å². The Morgan fingerprint density at radius 1 is 1.24 bits per heavy atom. The van der Waals surface area contributed by atoms with E-state index in [0.717, 1.165) is 5.76 Å². The average Bonchev–Trinajstić information content (AvgIpc) is 2.60. The van der Waals surface area contributed by atoms with Gasteiger partial charge in [0.25, 0.3) is 0 Å². The van der Waals surface area contributed by atoms with Crippen molar-refractivity contribution in [3.05, 3.63) is 47.3 Å². The van der Waals surface area contributed by atoms with Crippen LogP contribution >= 0.6 is 0 Å². The van der Waals surface area contributed by atoms with E-state index in [1.54, 1.807) is 0 Å². The Labute approximate surface area is 104 Å². The quantitative estimate of drug-likeness (QED) is 0.609. The third kappa shape index (κ3) is 1.31. The Morgan fingerprint density at radius 3 is 2.76 bits per heavy atom. The molecule has 0 fully saturated rings. The zero-order valence-corrected chi connectivity index (χ0v) is 11.0. The first-order chi connectivity index (χ1) is 8.04. The largest absolute Gasteiger partial charge is 0.482 e. The highest BCUT2D eigenvalue weighted by Gasteiger charge is 2.49. The van der Waals surface area contributed by atoms with Gasteiger partial charge in [0.15, 0.2) is 0 Å². The molecular weight excluding hydrogens is 208 g/mol. The lowest BCUT2D eigenvalue weighted by Gasteiger charge is -2.34. The van der Waals surface area contributed by atoms with Crippen molar-refractivity contribution in [1.82, 2.24) is 0 Å². The van der Waals surface area contributed by atoms with E-state index in [1.165, 1.54) is 11.1 Å². The Bertz CT molecular complexity index is 478. The predicted molar refractivity (Wildman–Crippen MR) is 70.4 cm³/mol. The van der Waals surface area contributed by atoms with Gasteiger partial charge in [0.1, 0.15) is 11.4 Å². The second kappa shape index (κ2) is 3.38. The number of hydrogen-bond donors (Lipinski definition) is 0. The lowest BCUT2D eigenvalue weighted by Crippen LogP contribution is -2.36. The molecule has 3 aliphatic rings. The summed E-state index contributed by atoms with van der Waals surface area (Å²) >= 11 is 0. The first kappa shape index (κ1) is 10.9. The summed E-state index contributed by atoms with van der Waals surface area (Å²) in [5, 5.41) is 0. The molecule has 1 nitrogen and oxygen atoms in total. The minimum Gasteiger partial charge on any atom is -0.482 e. The fourth-order valence-electron chi connectivity index (χ4n) is 3.22. The lowest BCUT2D eigenvalue weighted by molar-refractivity contribution is 0.0614. The van der Waals surface area contributed by atoms with E-state index in [9.17, 15) is 0 Å². The van der Waals surface area contributed by atoms with E-state index in [0.29, 0.717) is 17.8 Å². The molecule has 0 radical (unpaired) electrons. The molecule has 90 valence electrons. The smallest absolute Gasteiger partial charge is 0.137 e. The van der Waals surface area contributed by atoms with Crippen LogP contribution in [0.5, 0.6) is 0 Å². The summed E-state index contributed by atoms with van der Waals surface area (Å²) in [4.78, 5) is 0. The van der Waals surface area contributed by atoms with Gasteiger partial charge in [-0.15, -0.1) is 0 Å². The van der Waals surface area contributed by atoms with Gasteiger partial charge in [-0.05, 0) is 42.9 Å². The van der Waals surface area contributed by atoms with E-state index in [-0.39, 0.29) is 5.60 Å². The van der Waals surface area contributed by atoms with Gasteiger partial charge >= 0.3 is 0 Å². The Hall–Kier alpha value is -1.24. The Balaban J connectivity index is 2.08. The van der Waals surface area contributed by atoms with Crippen LogP contribution < -0.4 is 0 Å². The molecule has 0 aromatic heterocycles. The molecule has 1 aliphatic heterocycles. The summed E-state index contributed by atoms with van der Waals surface area (Å²) in [6.07, 6.45) is 11.1. The Kier molecular flexibility index (Phi) is 2.16. The van der Waals surface area contributed by atoms with Crippen LogP contribution in [0.3, 0.4) is 0 Å². The molecule has 0 aromatic carbocycles. The number of rotatable bonds is 0. The van der Waals surface area contributed by atoms with Gasteiger partial charge in [-0.3, -0.25) is 0 Å². The van der Waals surface area contributed by atoms with Crippen molar-refractivity contribution in [1.29, 1.82) is 0 Å². The van der Waals surface area contributed by atoms with Gasteiger partial charge in [-0.1, -0.05) is 38.2 Å². The summed E-state index contributed by atoms with van der Waals surface area (Å²) in [6, 6.07) is 0. The van der Waals surface area contributed by atoms with Gasteiger partial charge in [0, 0.05) is 5.92 Å². The van der Waals surface area contributed by atoms with Crippen LogP contribution in [0.4, 0.5) is 0 Å². The molecule has 0 saturated carbocycles. The third-order valence-electron chi connectivity index (χ3n) is 4.80. The molecule has 0 spiro atoms. The molecule has 1 heteroatoms. The molecule has 0 N–H and O–H groups in total. The third-order valence-corrected chi connectivity index (χ3v) is 4.80. The topological polar surface area (TPSA) is 9.23 Å². The summed E-state index contributed by atoms with van der Waals surface area (Å²) < 4.78 is 6.26. The monoisotopic (exact) mass is 228 g/mol. The number of hydrogen-bond acceptors (Lipinski definition) is 1. The molecule has 0 aromatic rings. The summed E-state index contributed by atoms with van der Waals surface area (Å²) in [6.45, 7) is 9.00. The first-order valence-corrected chi connectivity index (χ1v) is 6.51. The molecule has 1 heterocycles. The predicted octanol–water partition coefficient (Wildman–Crippen LogP) is 4.00. The maximum absolute atomic E-state index is 6.26. The van der Waals surface area contributed by atoms with Gasteiger partial charge in [-0.25, -0.2) is 0 Å². The average molecular weight is 228 g/mol. The number of allylic oxidation sites excluding steroid dienone is 4. The normalized spacial score (nSPS) is 43.1. The highest BCUT2D eigenvalue weighted by Crippen LogP contribution is 2.51. The van der Waals surface area contributed by atoms with Crippen LogP contribution in [-0.4, -0.2) is 5.60 Å². The molecule has 4 atom stereocenters. The van der Waals surface area contributed by atoms with E-state index < -0.39 is 0 Å². The van der Waals surface area contributed by atoms with Crippen LogP contribution in [0.1, 0.15) is 27.7 Å². The maximum atomic E-state index is 6.26. The van der Waals surface area contributed by atoms with Crippen molar-refractivity contribution in [3.8, 4) is 0 Å². The molecule has 4 unspecified atom stereocenters. The lowest BCUT2D eigenvalue weighted by atomic mass is 9.71. The number of ether oxygens (including phenoxy) is 1. The van der Waals surface area contributed by atoms with Crippen LogP contribution in [-0.2, 0) is 4.74 Å². The minimum atomic E-state index is -0.151. The zero-order chi connectivity index (χ0) is 12.2. The van der Waals surface area contributed by atoms with Crippen LogP contribution in [0, 0.1) is 17.8 Å². The van der Waals surface area contributed by atoms with Gasteiger partial charge in [0.05, 0.1) is 0 Å². The van der Waals surface area contributed by atoms with Crippen molar-refractivity contribution in [2.24, 2.45) is 17.8 Å². The van der Waals surface area contributed by atoms with Gasteiger partial charge in [-0.2, -0.15) is 0 Å². The van der Waals surface area contributed by atoms with Crippen molar-refractivity contribution < 1.29 is 4.74 Å². The molecule has 17 heavy (non-hydrogen) atoms. The van der Waals surface area contributed by atoms with E-state index in [1.807, 2.05) is 0 Å². The molecule has 2 aliphatic carbocycles. The number of fused-ring (bicyclic) bond motifs is 2. The van der Waals surface area contributed by atoms with Gasteiger partial charge < -0.3 is 4.74 Å². The molecule has 0 bridgehead atoms. The molecule has 0 amide bonds. The summed E-state index contributed by atoms with van der Waals surface area (Å²) in [5.74, 6) is 2.73. The van der Waals surface area contributed by atoms with Gasteiger partial charge in [0.2, 0.25) is 0 Å². The van der Waals surface area contributed by atoms with Crippen LogP contribution in [0.25, 0.3) is 0 Å². The molecule has 3 rings (SSSR count). The van der Waals surface area contributed by atoms with E-state index in [2.05, 4.69) is 58.1 Å². The zero-order valence-electron chi connectivity index (χ0n) is 11.0. The fourth-order valence-corrected chi connectivity index (χ4v) is 3.22. The summed E-state index contributed by atoms with van der Waals surface area (Å²) in [5.41, 5.74) is 2.67. The van der Waals surface area contributed by atoms with Crippen molar-refractivity contribution in [2.75, 3.05) is 0 Å².